The molecule has 2 heterocycles. The third-order valence-corrected chi connectivity index (χ3v) is 4.88. The van der Waals surface area contributed by atoms with Crippen LogP contribution in [0.15, 0.2) is 53.6 Å². The number of amides is 1. The molecule has 0 saturated carbocycles. The van der Waals surface area contributed by atoms with E-state index in [1.807, 2.05) is 55.5 Å². The van der Waals surface area contributed by atoms with Crippen molar-refractivity contribution in [1.82, 2.24) is 20.0 Å². The topological polar surface area (TPSA) is 107 Å². The molecule has 0 aliphatic rings. The number of methoxy groups -OCH3 is 1. The van der Waals surface area contributed by atoms with Crippen LogP contribution < -0.4 is 11.1 Å². The number of benzene rings is 2. The summed E-state index contributed by atoms with van der Waals surface area (Å²) in [5.74, 6) is -0.119. The van der Waals surface area contributed by atoms with Gasteiger partial charge in [0.2, 0.25) is 0 Å². The predicted octanol–water partition coefficient (Wildman–Crippen LogP) is 3.12. The van der Waals surface area contributed by atoms with Crippen molar-refractivity contribution in [1.29, 1.82) is 0 Å². The maximum absolute atomic E-state index is 12.9. The molecule has 0 radical (unpaired) electrons. The SMILES string of the molecule is COCCCNC(=O)c1c(N)n(N=Cc2cccc(C)c2)c2nc3ccccc3nc12. The first kappa shape index (κ1) is 20.5. The summed E-state index contributed by atoms with van der Waals surface area (Å²) >= 11 is 0. The molecule has 2 aromatic carbocycles. The standard InChI is InChI=1S/C23H24N6O2/c1-15-7-5-8-16(13-15)14-26-29-21(24)19(23(30)25-11-6-12-31-2)20-22(29)28-18-10-4-3-9-17(18)27-20/h3-5,7-10,13-14H,6,11-12,24H2,1-2H3,(H,25,30). The lowest BCUT2D eigenvalue weighted by Crippen LogP contribution is -2.26. The Hall–Kier alpha value is -3.78. The lowest BCUT2D eigenvalue weighted by atomic mass is 10.2. The predicted molar refractivity (Wildman–Crippen MR) is 122 cm³/mol. The summed E-state index contributed by atoms with van der Waals surface area (Å²) in [5.41, 5.74) is 10.9. The number of nitrogens with one attached hydrogen (secondary N) is 1. The van der Waals surface area contributed by atoms with Crippen LogP contribution in [0, 0.1) is 6.92 Å². The fourth-order valence-electron chi connectivity index (χ4n) is 3.37. The highest BCUT2D eigenvalue weighted by atomic mass is 16.5. The number of nitrogens with zero attached hydrogens (tertiary/aromatic N) is 4. The number of hydrogen-bond acceptors (Lipinski definition) is 6. The summed E-state index contributed by atoms with van der Waals surface area (Å²) in [4.78, 5) is 22.3. The van der Waals surface area contributed by atoms with Crippen LogP contribution in [0.4, 0.5) is 5.82 Å². The monoisotopic (exact) mass is 416 g/mol. The van der Waals surface area contributed by atoms with Crippen LogP contribution in [0.5, 0.6) is 0 Å². The molecular weight excluding hydrogens is 392 g/mol. The highest BCUT2D eigenvalue weighted by molar-refractivity contribution is 6.10. The zero-order chi connectivity index (χ0) is 21.8. The van der Waals surface area contributed by atoms with Crippen LogP contribution in [-0.4, -0.2) is 47.0 Å². The number of aryl methyl sites for hydroxylation is 1. The number of carbonyl (C=O) groups excluding carboxylic acids is 1. The highest BCUT2D eigenvalue weighted by Crippen LogP contribution is 2.27. The number of aromatic nitrogens is 3. The largest absolute Gasteiger partial charge is 0.385 e. The number of rotatable bonds is 7. The Balaban J connectivity index is 1.81. The molecule has 0 fully saturated rings. The van der Waals surface area contributed by atoms with E-state index < -0.39 is 0 Å². The van der Waals surface area contributed by atoms with E-state index >= 15 is 0 Å². The van der Waals surface area contributed by atoms with Gasteiger partial charge in [0.25, 0.3) is 5.91 Å². The number of ether oxygens (including phenoxy) is 1. The Kier molecular flexibility index (Phi) is 5.90. The maximum Gasteiger partial charge on any atom is 0.257 e. The molecule has 8 nitrogen and oxygen atoms in total. The van der Waals surface area contributed by atoms with Crippen LogP contribution >= 0.6 is 0 Å². The molecule has 4 aromatic rings. The van der Waals surface area contributed by atoms with Crippen LogP contribution in [0.25, 0.3) is 22.2 Å². The lowest BCUT2D eigenvalue weighted by Gasteiger charge is -2.05. The van der Waals surface area contributed by atoms with Crippen LogP contribution in [0.2, 0.25) is 0 Å². The van der Waals surface area contributed by atoms with Crippen molar-refractivity contribution in [2.45, 2.75) is 13.3 Å². The van der Waals surface area contributed by atoms with E-state index in [0.717, 1.165) is 11.1 Å². The van der Waals surface area contributed by atoms with Gasteiger partial charge >= 0.3 is 0 Å². The molecule has 0 saturated heterocycles. The highest BCUT2D eigenvalue weighted by Gasteiger charge is 2.23. The van der Waals surface area contributed by atoms with Gasteiger partial charge in [-0.25, -0.2) is 9.97 Å². The van der Waals surface area contributed by atoms with Crippen molar-refractivity contribution in [2.24, 2.45) is 5.10 Å². The van der Waals surface area contributed by atoms with Gasteiger partial charge in [0.1, 0.15) is 16.9 Å². The maximum atomic E-state index is 12.9. The molecule has 0 atom stereocenters. The van der Waals surface area contributed by atoms with Crippen LogP contribution in [0.1, 0.15) is 27.9 Å². The second-order valence-corrected chi connectivity index (χ2v) is 7.22. The molecule has 0 aliphatic heterocycles. The molecule has 4 rings (SSSR count). The smallest absolute Gasteiger partial charge is 0.257 e. The average Bonchev–Trinajstić information content (AvgIpc) is 3.04. The van der Waals surface area contributed by atoms with Crippen LogP contribution in [-0.2, 0) is 4.74 Å². The van der Waals surface area contributed by atoms with E-state index in [9.17, 15) is 4.79 Å². The summed E-state index contributed by atoms with van der Waals surface area (Å²) in [6.07, 6.45) is 2.39. The van der Waals surface area contributed by atoms with Crippen molar-refractivity contribution in [3.63, 3.8) is 0 Å². The third kappa shape index (κ3) is 4.24. The molecule has 3 N–H and O–H groups in total. The van der Waals surface area contributed by atoms with Gasteiger partial charge in [-0.05, 0) is 31.0 Å². The third-order valence-electron chi connectivity index (χ3n) is 4.88. The zero-order valence-corrected chi connectivity index (χ0v) is 17.5. The number of carbonyl (C=O) groups is 1. The van der Waals surface area contributed by atoms with Gasteiger partial charge in [0.15, 0.2) is 5.65 Å². The molecule has 0 unspecified atom stereocenters. The van der Waals surface area contributed by atoms with Gasteiger partial charge in [-0.2, -0.15) is 9.78 Å². The molecule has 0 spiro atoms. The molecule has 1 amide bonds. The molecule has 158 valence electrons. The Morgan fingerprint density at radius 2 is 1.97 bits per heavy atom. The Labute approximate surface area is 179 Å². The number of hydrogen-bond donors (Lipinski definition) is 2. The number of anilines is 1. The fourth-order valence-corrected chi connectivity index (χ4v) is 3.37. The first-order valence-electron chi connectivity index (χ1n) is 10.0. The van der Waals surface area contributed by atoms with Crippen molar-refractivity contribution >= 4 is 40.1 Å². The quantitative estimate of drug-likeness (QED) is 0.356. The number of nitrogens with two attached hydrogens (primary N) is 1. The lowest BCUT2D eigenvalue weighted by molar-refractivity contribution is 0.0951. The first-order valence-corrected chi connectivity index (χ1v) is 10.0. The van der Waals surface area contributed by atoms with E-state index in [-0.39, 0.29) is 17.3 Å². The molecule has 8 heteroatoms. The normalized spacial score (nSPS) is 11.5. The minimum Gasteiger partial charge on any atom is -0.385 e. The van der Waals surface area contributed by atoms with E-state index in [1.54, 1.807) is 13.3 Å². The van der Waals surface area contributed by atoms with Gasteiger partial charge < -0.3 is 15.8 Å². The molecular formula is C23H24N6O2. The van der Waals surface area contributed by atoms with Crippen LogP contribution in [0.3, 0.4) is 0 Å². The Morgan fingerprint density at radius 1 is 1.19 bits per heavy atom. The summed E-state index contributed by atoms with van der Waals surface area (Å²) in [5, 5.41) is 7.41. The van der Waals surface area contributed by atoms with Crippen molar-refractivity contribution in [3.8, 4) is 0 Å². The first-order chi connectivity index (χ1) is 15.1. The average molecular weight is 416 g/mol. The zero-order valence-electron chi connectivity index (χ0n) is 17.5. The molecule has 0 bridgehead atoms. The van der Waals surface area contributed by atoms with E-state index in [4.69, 9.17) is 10.5 Å². The second-order valence-electron chi connectivity index (χ2n) is 7.22. The Morgan fingerprint density at radius 3 is 2.71 bits per heavy atom. The summed E-state index contributed by atoms with van der Waals surface area (Å²) in [6.45, 7) is 3.04. The van der Waals surface area contributed by atoms with Gasteiger partial charge in [0.05, 0.1) is 17.2 Å². The van der Waals surface area contributed by atoms with E-state index in [0.29, 0.717) is 41.8 Å². The number of fused-ring (bicyclic) bond motifs is 2. The second kappa shape index (κ2) is 8.93. The summed E-state index contributed by atoms with van der Waals surface area (Å²) < 4.78 is 6.51. The number of nitrogen functional groups attached to an aromatic ring is 1. The van der Waals surface area contributed by atoms with Gasteiger partial charge in [-0.3, -0.25) is 4.79 Å². The fraction of sp³-hybridized carbons (Fsp3) is 0.217. The van der Waals surface area contributed by atoms with Crippen molar-refractivity contribution in [2.75, 3.05) is 26.0 Å². The van der Waals surface area contributed by atoms with E-state index in [2.05, 4.69) is 20.4 Å². The molecule has 2 aromatic heterocycles. The Bertz CT molecular complexity index is 1280. The molecule has 31 heavy (non-hydrogen) atoms. The molecule has 0 aliphatic carbocycles. The summed E-state index contributed by atoms with van der Waals surface area (Å²) in [7, 11) is 1.63. The van der Waals surface area contributed by atoms with Gasteiger partial charge in [-0.1, -0.05) is 42.0 Å². The van der Waals surface area contributed by atoms with E-state index in [1.165, 1.54) is 4.68 Å². The number of para-hydroxylation sites is 2. The van der Waals surface area contributed by atoms with Gasteiger partial charge in [-0.15, -0.1) is 0 Å². The summed E-state index contributed by atoms with van der Waals surface area (Å²) in [6, 6.07) is 15.4. The minimum atomic E-state index is -0.312. The minimum absolute atomic E-state index is 0.193. The van der Waals surface area contributed by atoms with Gasteiger partial charge in [0, 0.05) is 20.3 Å². The van der Waals surface area contributed by atoms with Crippen molar-refractivity contribution < 1.29 is 9.53 Å². The van der Waals surface area contributed by atoms with Crippen molar-refractivity contribution in [3.05, 3.63) is 65.2 Å².